The lowest BCUT2D eigenvalue weighted by Gasteiger charge is -2.36. The molecule has 1 N–H and O–H groups in total. The molecule has 6 heteroatoms. The van der Waals surface area contributed by atoms with Gasteiger partial charge < -0.3 is 15.1 Å². The second-order valence-electron chi connectivity index (χ2n) is 8.59. The van der Waals surface area contributed by atoms with Gasteiger partial charge in [0.25, 0.3) is 0 Å². The summed E-state index contributed by atoms with van der Waals surface area (Å²) in [4.78, 5) is 26.3. The van der Waals surface area contributed by atoms with E-state index in [0.29, 0.717) is 13.1 Å². The van der Waals surface area contributed by atoms with Crippen molar-refractivity contribution in [2.45, 2.75) is 34.1 Å². The van der Waals surface area contributed by atoms with Crippen LogP contribution in [0.4, 0.5) is 16.3 Å². The molecule has 1 aliphatic heterocycles. The Morgan fingerprint density at radius 1 is 0.844 bits per heavy atom. The summed E-state index contributed by atoms with van der Waals surface area (Å²) in [5.74, 6) is 1.78. The fourth-order valence-corrected chi connectivity index (χ4v) is 4.06. The van der Waals surface area contributed by atoms with Gasteiger partial charge in [-0.25, -0.2) is 14.8 Å². The van der Waals surface area contributed by atoms with Gasteiger partial charge in [-0.15, -0.1) is 0 Å². The molecule has 2 heterocycles. The predicted molar refractivity (Wildman–Crippen MR) is 129 cm³/mol. The SMILES string of the molecule is Cc1ccc(Cc2c(C)nc(C)nc2N2CCN(C(=O)Nc3ccc(C)cc3)CC2)cc1. The number of amides is 2. The highest BCUT2D eigenvalue weighted by molar-refractivity contribution is 5.89. The first-order chi connectivity index (χ1) is 15.4. The largest absolute Gasteiger partial charge is 0.353 e. The monoisotopic (exact) mass is 429 g/mol. The first kappa shape index (κ1) is 21.8. The summed E-state index contributed by atoms with van der Waals surface area (Å²) in [7, 11) is 0. The van der Waals surface area contributed by atoms with Crippen LogP contribution in [-0.2, 0) is 6.42 Å². The number of hydrogen-bond donors (Lipinski definition) is 1. The van der Waals surface area contributed by atoms with E-state index in [4.69, 9.17) is 4.98 Å². The molecule has 0 radical (unpaired) electrons. The third kappa shape index (κ3) is 5.07. The third-order valence-corrected chi connectivity index (χ3v) is 5.97. The molecule has 0 unspecified atom stereocenters. The highest BCUT2D eigenvalue weighted by Crippen LogP contribution is 2.25. The Morgan fingerprint density at radius 3 is 2.06 bits per heavy atom. The van der Waals surface area contributed by atoms with E-state index >= 15 is 0 Å². The Labute approximate surface area is 190 Å². The van der Waals surface area contributed by atoms with Crippen molar-refractivity contribution in [2.75, 3.05) is 36.4 Å². The van der Waals surface area contributed by atoms with Crippen molar-refractivity contribution in [1.82, 2.24) is 14.9 Å². The van der Waals surface area contributed by atoms with Gasteiger partial charge >= 0.3 is 6.03 Å². The number of aromatic nitrogens is 2. The average molecular weight is 430 g/mol. The molecule has 1 saturated heterocycles. The van der Waals surface area contributed by atoms with Gasteiger partial charge in [-0.3, -0.25) is 0 Å². The second kappa shape index (κ2) is 9.39. The molecule has 0 aliphatic carbocycles. The highest BCUT2D eigenvalue weighted by atomic mass is 16.2. The van der Waals surface area contributed by atoms with E-state index in [1.54, 1.807) is 0 Å². The minimum Gasteiger partial charge on any atom is -0.353 e. The van der Waals surface area contributed by atoms with Crippen molar-refractivity contribution < 1.29 is 4.79 Å². The fraction of sp³-hybridized carbons (Fsp3) is 0.346. The quantitative estimate of drug-likeness (QED) is 0.656. The summed E-state index contributed by atoms with van der Waals surface area (Å²) >= 11 is 0. The molecule has 1 aromatic heterocycles. The molecule has 4 rings (SSSR count). The molecule has 2 aromatic carbocycles. The predicted octanol–water partition coefficient (Wildman–Crippen LogP) is 4.66. The van der Waals surface area contributed by atoms with Crippen LogP contribution < -0.4 is 10.2 Å². The molecular weight excluding hydrogens is 398 g/mol. The topological polar surface area (TPSA) is 61.4 Å². The van der Waals surface area contributed by atoms with E-state index in [9.17, 15) is 4.79 Å². The van der Waals surface area contributed by atoms with Crippen LogP contribution in [0, 0.1) is 27.7 Å². The van der Waals surface area contributed by atoms with Gasteiger partial charge in [0.1, 0.15) is 11.6 Å². The zero-order chi connectivity index (χ0) is 22.7. The normalized spacial score (nSPS) is 13.9. The zero-order valence-electron chi connectivity index (χ0n) is 19.4. The Kier molecular flexibility index (Phi) is 6.40. The van der Waals surface area contributed by atoms with E-state index in [0.717, 1.165) is 48.1 Å². The lowest BCUT2D eigenvalue weighted by Crippen LogP contribution is -2.50. The van der Waals surface area contributed by atoms with Crippen LogP contribution in [0.5, 0.6) is 0 Å². The first-order valence-electron chi connectivity index (χ1n) is 11.2. The molecule has 166 valence electrons. The van der Waals surface area contributed by atoms with E-state index in [-0.39, 0.29) is 6.03 Å². The summed E-state index contributed by atoms with van der Waals surface area (Å²) in [6.45, 7) is 11.0. The number of aryl methyl sites for hydroxylation is 4. The van der Waals surface area contributed by atoms with Gasteiger partial charge in [0.2, 0.25) is 0 Å². The molecule has 6 nitrogen and oxygen atoms in total. The highest BCUT2D eigenvalue weighted by Gasteiger charge is 2.25. The van der Waals surface area contributed by atoms with E-state index in [2.05, 4.69) is 53.3 Å². The molecule has 0 atom stereocenters. The Morgan fingerprint density at radius 2 is 1.44 bits per heavy atom. The molecule has 1 aliphatic rings. The lowest BCUT2D eigenvalue weighted by atomic mass is 10.0. The van der Waals surface area contributed by atoms with Crippen LogP contribution in [0.1, 0.15) is 33.8 Å². The molecular formula is C26H31N5O. The van der Waals surface area contributed by atoms with Crippen LogP contribution >= 0.6 is 0 Å². The molecule has 0 spiro atoms. The Bertz CT molecular complexity index is 1080. The van der Waals surface area contributed by atoms with Crippen molar-refractivity contribution in [1.29, 1.82) is 0 Å². The van der Waals surface area contributed by atoms with Gasteiger partial charge in [0.05, 0.1) is 0 Å². The summed E-state index contributed by atoms with van der Waals surface area (Å²) in [5.41, 5.74) is 6.69. The number of urea groups is 1. The smallest absolute Gasteiger partial charge is 0.321 e. The van der Waals surface area contributed by atoms with Gasteiger partial charge in [-0.1, -0.05) is 47.5 Å². The fourth-order valence-electron chi connectivity index (χ4n) is 4.06. The molecule has 2 amide bonds. The first-order valence-corrected chi connectivity index (χ1v) is 11.2. The standard InChI is InChI=1S/C26H31N5O/c1-18-5-9-22(10-6-18)17-24-20(3)27-21(4)28-25(24)30-13-15-31(16-14-30)26(32)29-23-11-7-19(2)8-12-23/h5-12H,13-17H2,1-4H3,(H,29,32). The number of carbonyl (C=O) groups is 1. The molecule has 0 bridgehead atoms. The summed E-state index contributed by atoms with van der Waals surface area (Å²) < 4.78 is 0. The maximum absolute atomic E-state index is 12.7. The second-order valence-corrected chi connectivity index (χ2v) is 8.59. The van der Waals surface area contributed by atoms with Crippen molar-refractivity contribution in [3.05, 3.63) is 82.3 Å². The van der Waals surface area contributed by atoms with Crippen LogP contribution in [0.15, 0.2) is 48.5 Å². The summed E-state index contributed by atoms with van der Waals surface area (Å²) in [6.07, 6.45) is 0.801. The number of rotatable bonds is 4. The van der Waals surface area contributed by atoms with Crippen LogP contribution in [0.2, 0.25) is 0 Å². The molecule has 3 aromatic rings. The van der Waals surface area contributed by atoms with Gasteiger partial charge in [0.15, 0.2) is 0 Å². The Balaban J connectivity index is 1.46. The van der Waals surface area contributed by atoms with Crippen molar-refractivity contribution >= 4 is 17.5 Å². The van der Waals surface area contributed by atoms with E-state index in [1.807, 2.05) is 43.0 Å². The number of anilines is 2. The number of nitrogens with zero attached hydrogens (tertiary/aromatic N) is 4. The molecule has 32 heavy (non-hydrogen) atoms. The van der Waals surface area contributed by atoms with Crippen LogP contribution in [-0.4, -0.2) is 47.1 Å². The summed E-state index contributed by atoms with van der Waals surface area (Å²) in [5, 5.41) is 3.00. The zero-order valence-corrected chi connectivity index (χ0v) is 19.4. The average Bonchev–Trinajstić information content (AvgIpc) is 2.78. The van der Waals surface area contributed by atoms with Crippen molar-refractivity contribution in [3.8, 4) is 0 Å². The van der Waals surface area contributed by atoms with Gasteiger partial charge in [-0.05, 0) is 45.4 Å². The Hall–Kier alpha value is -3.41. The van der Waals surface area contributed by atoms with Gasteiger partial charge in [-0.2, -0.15) is 0 Å². The number of nitrogens with one attached hydrogen (secondary N) is 1. The lowest BCUT2D eigenvalue weighted by molar-refractivity contribution is 0.208. The minimum atomic E-state index is -0.0524. The molecule has 1 fully saturated rings. The van der Waals surface area contributed by atoms with E-state index < -0.39 is 0 Å². The minimum absolute atomic E-state index is 0.0524. The number of hydrogen-bond acceptors (Lipinski definition) is 4. The number of piperazine rings is 1. The maximum Gasteiger partial charge on any atom is 0.321 e. The van der Waals surface area contributed by atoms with Crippen LogP contribution in [0.25, 0.3) is 0 Å². The number of benzene rings is 2. The van der Waals surface area contributed by atoms with E-state index in [1.165, 1.54) is 16.7 Å². The van der Waals surface area contributed by atoms with Crippen molar-refractivity contribution in [3.63, 3.8) is 0 Å². The summed E-state index contributed by atoms with van der Waals surface area (Å²) in [6, 6.07) is 16.5. The maximum atomic E-state index is 12.7. The molecule has 0 saturated carbocycles. The third-order valence-electron chi connectivity index (χ3n) is 5.97. The van der Waals surface area contributed by atoms with Gasteiger partial charge in [0, 0.05) is 49.5 Å². The number of carbonyl (C=O) groups excluding carboxylic acids is 1. The van der Waals surface area contributed by atoms with Crippen molar-refractivity contribution in [2.24, 2.45) is 0 Å². The van der Waals surface area contributed by atoms with Crippen LogP contribution in [0.3, 0.4) is 0 Å².